The zero-order chi connectivity index (χ0) is 42.1. The first kappa shape index (κ1) is 44.8. The van der Waals surface area contributed by atoms with Crippen LogP contribution in [0.3, 0.4) is 0 Å². The van der Waals surface area contributed by atoms with Gasteiger partial charge in [-0.15, -0.1) is 0 Å². The topological polar surface area (TPSA) is 253 Å². The fourth-order valence-electron chi connectivity index (χ4n) is 5.66. The lowest BCUT2D eigenvalue weighted by atomic mass is 10.1. The number of nitrogen functional groups attached to an aromatic ring is 2. The summed E-state index contributed by atoms with van der Waals surface area (Å²) in [6, 6.07) is 3.32. The van der Waals surface area contributed by atoms with Gasteiger partial charge in [-0.25, -0.2) is 23.9 Å². The number of aryl methyl sites for hydroxylation is 2. The lowest BCUT2D eigenvalue weighted by molar-refractivity contribution is -0.676. The van der Waals surface area contributed by atoms with Crippen LogP contribution in [-0.2, 0) is 34.0 Å². The summed E-state index contributed by atoms with van der Waals surface area (Å²) in [6.07, 6.45) is -4.41. The number of fused-ring (bicyclic) bond motifs is 1. The van der Waals surface area contributed by atoms with Crippen molar-refractivity contribution in [1.82, 2.24) is 35.4 Å². The number of hydrogen-bond acceptors (Lipinski definition) is 12. The zero-order valence-corrected chi connectivity index (χ0v) is 32.5. The van der Waals surface area contributed by atoms with Crippen LogP contribution >= 0.6 is 11.6 Å². The molecule has 0 aliphatic carbocycles. The lowest BCUT2D eigenvalue weighted by Crippen LogP contribution is -2.48. The summed E-state index contributed by atoms with van der Waals surface area (Å²) < 4.78 is 47.0. The van der Waals surface area contributed by atoms with Gasteiger partial charge in [0.2, 0.25) is 0 Å². The van der Waals surface area contributed by atoms with E-state index in [4.69, 9.17) is 42.4 Å². The third-order valence-corrected chi connectivity index (χ3v) is 8.40. The highest BCUT2D eigenvalue weighted by Crippen LogP contribution is 2.27. The first-order chi connectivity index (χ1) is 26.1. The first-order valence-corrected chi connectivity index (χ1v) is 17.9. The number of carbonyl (C=O) groups is 5. The van der Waals surface area contributed by atoms with Gasteiger partial charge >= 0.3 is 12.3 Å². The molecule has 0 atom stereocenters. The van der Waals surface area contributed by atoms with E-state index in [1.807, 2.05) is 50.7 Å². The van der Waals surface area contributed by atoms with Gasteiger partial charge < -0.3 is 51.7 Å². The third-order valence-electron chi connectivity index (χ3n) is 8.12. The summed E-state index contributed by atoms with van der Waals surface area (Å²) in [5.74, 6) is -3.56. The monoisotopic (exact) mass is 814 g/mol. The quantitative estimate of drug-likeness (QED) is 0.173. The molecule has 308 valence electrons. The summed E-state index contributed by atoms with van der Waals surface area (Å²) in [7, 11) is 0. The number of hydrogen-bond donors (Lipinski definition) is 5. The van der Waals surface area contributed by atoms with E-state index in [9.17, 15) is 32.3 Å². The van der Waals surface area contributed by atoms with E-state index in [2.05, 4.69) is 25.9 Å². The molecule has 1 saturated heterocycles. The van der Waals surface area contributed by atoms with Crippen LogP contribution in [0.25, 0.3) is 11.0 Å². The highest BCUT2D eigenvalue weighted by Gasteiger charge is 2.31. The molecule has 1 aliphatic rings. The minimum atomic E-state index is -5.19. The highest BCUT2D eigenvalue weighted by atomic mass is 35.5. The van der Waals surface area contributed by atoms with Crippen LogP contribution in [0, 0.1) is 0 Å². The van der Waals surface area contributed by atoms with Crippen molar-refractivity contribution in [3.05, 3.63) is 34.4 Å². The molecule has 1 fully saturated rings. The number of nitrogens with zero attached hydrogens (tertiary/aromatic N) is 5. The van der Waals surface area contributed by atoms with Crippen LogP contribution in [-0.4, -0.2) is 93.3 Å². The van der Waals surface area contributed by atoms with E-state index in [1.54, 1.807) is 17.0 Å². The maximum Gasteiger partial charge on any atom is 0.430 e. The van der Waals surface area contributed by atoms with Gasteiger partial charge in [0.25, 0.3) is 23.5 Å². The molecule has 18 nitrogen and oxygen atoms in total. The predicted octanol–water partition coefficient (Wildman–Crippen LogP) is 1.45. The number of likely N-dealkylation sites (tertiary alicyclic amines) is 1. The van der Waals surface area contributed by atoms with E-state index in [0.29, 0.717) is 45.6 Å². The van der Waals surface area contributed by atoms with Crippen LogP contribution in [0.15, 0.2) is 12.1 Å². The molecule has 3 heterocycles. The fourth-order valence-corrected chi connectivity index (χ4v) is 5.79. The Kier molecular flexibility index (Phi) is 15.1. The Morgan fingerprint density at radius 1 is 1.00 bits per heavy atom. The number of piperidine rings is 1. The molecule has 4 amide bonds. The molecular formula is C34H46ClF3N10O8. The Hall–Kier alpha value is -5.60. The van der Waals surface area contributed by atoms with E-state index < -0.39 is 23.7 Å². The Labute approximate surface area is 325 Å². The van der Waals surface area contributed by atoms with Crippen LogP contribution in [0.4, 0.5) is 29.6 Å². The number of rotatable bonds is 11. The average molecular weight is 815 g/mol. The van der Waals surface area contributed by atoms with Gasteiger partial charge in [0, 0.05) is 37.8 Å². The Balaban J connectivity index is 0.00000109. The van der Waals surface area contributed by atoms with Crippen molar-refractivity contribution in [3.8, 4) is 5.75 Å². The number of halogens is 4. The molecule has 0 spiro atoms. The molecule has 1 aromatic carbocycles. The number of carboxylic acid groups (broad SMARTS) is 1. The largest absolute Gasteiger partial charge is 0.542 e. The second-order valence-electron chi connectivity index (χ2n) is 13.3. The Morgan fingerprint density at radius 2 is 1.62 bits per heavy atom. The first-order valence-electron chi connectivity index (χ1n) is 17.5. The molecule has 22 heteroatoms. The number of aliphatic carboxylic acids is 1. The van der Waals surface area contributed by atoms with E-state index in [0.717, 1.165) is 16.9 Å². The van der Waals surface area contributed by atoms with Crippen molar-refractivity contribution in [2.45, 2.75) is 91.8 Å². The number of anilines is 2. The van der Waals surface area contributed by atoms with E-state index in [-0.39, 0.29) is 70.9 Å². The summed E-state index contributed by atoms with van der Waals surface area (Å²) in [5, 5.41) is 17.3. The number of aromatic nitrogens is 4. The summed E-state index contributed by atoms with van der Waals surface area (Å²) in [5.41, 5.74) is 12.5. The standard InChI is InChI=1S/C32H45ClN10O6.C2HF3O2/c1-7-36-29(45)19-14-20-21(15-22(19)48-17-23(44)38-18-10-12-41(13-11-18)31(47)49-32(4,5)6)43(9-3)24(42(20)8-2)16-37-30(46)25-27(34)40-28(35)26(33)39-25;3-2(4,5)1(6)7/h14-15,18H,7-13,16-17H2,1-6H3,(H6-,34,35,36,37,38,40,44,45,46);(H,6,7). The van der Waals surface area contributed by atoms with Crippen molar-refractivity contribution in [1.29, 1.82) is 0 Å². The lowest BCUT2D eigenvalue weighted by Gasteiger charge is -2.33. The predicted molar refractivity (Wildman–Crippen MR) is 194 cm³/mol. The van der Waals surface area contributed by atoms with Gasteiger partial charge in [0.15, 0.2) is 40.1 Å². The molecule has 56 heavy (non-hydrogen) atoms. The minimum Gasteiger partial charge on any atom is -0.542 e. The molecule has 4 rings (SSSR count). The zero-order valence-electron chi connectivity index (χ0n) is 31.8. The number of nitrogens with two attached hydrogens (primary N) is 2. The highest BCUT2D eigenvalue weighted by molar-refractivity contribution is 6.31. The number of nitrogens with one attached hydrogen (secondary N) is 3. The van der Waals surface area contributed by atoms with Crippen molar-refractivity contribution >= 4 is 64.1 Å². The molecule has 0 saturated carbocycles. The van der Waals surface area contributed by atoms with Gasteiger partial charge in [-0.1, -0.05) is 11.6 Å². The summed E-state index contributed by atoms with van der Waals surface area (Å²) >= 11 is 5.97. The fraction of sp³-hybridized carbons (Fsp3) is 0.529. The van der Waals surface area contributed by atoms with Gasteiger partial charge in [-0.05, 0) is 54.4 Å². The average Bonchev–Trinajstić information content (AvgIpc) is 3.41. The number of carboxylic acids is 1. The normalized spacial score (nSPS) is 13.4. The molecule has 0 bridgehead atoms. The molecular weight excluding hydrogens is 769 g/mol. The molecule has 0 radical (unpaired) electrons. The number of imidazole rings is 1. The SMILES string of the molecule is CCNC(=O)c1cc2c(cc1OCC(=O)NC1CCN(C(=O)OC(C)(C)C)CC1)[n+](CC)c(CNC(=O)c1nc(Cl)c(N)nc1N)n2CC.O=C([O-])C(F)(F)F. The molecule has 3 aromatic rings. The van der Waals surface area contributed by atoms with Crippen molar-refractivity contribution < 1.29 is 56.3 Å². The molecule has 2 aromatic heterocycles. The van der Waals surface area contributed by atoms with E-state index >= 15 is 0 Å². The van der Waals surface area contributed by atoms with Crippen molar-refractivity contribution in [2.24, 2.45) is 0 Å². The number of carbonyl (C=O) groups excluding carboxylic acids is 5. The second kappa shape index (κ2) is 18.8. The number of benzene rings is 1. The number of ether oxygens (including phenoxy) is 2. The van der Waals surface area contributed by atoms with Gasteiger partial charge in [-0.3, -0.25) is 14.4 Å². The summed E-state index contributed by atoms with van der Waals surface area (Å²) in [6.45, 7) is 13.3. The maximum atomic E-state index is 13.2. The van der Waals surface area contributed by atoms with Crippen LogP contribution in [0.2, 0.25) is 5.15 Å². The number of amides is 4. The minimum absolute atomic E-state index is 0.0790. The third kappa shape index (κ3) is 11.7. The molecule has 7 N–H and O–H groups in total. The Bertz CT molecular complexity index is 1940. The van der Waals surface area contributed by atoms with Gasteiger partial charge in [0.05, 0.1) is 18.7 Å². The second-order valence-corrected chi connectivity index (χ2v) is 13.7. The van der Waals surface area contributed by atoms with Crippen molar-refractivity contribution in [3.63, 3.8) is 0 Å². The van der Waals surface area contributed by atoms with Crippen LogP contribution < -0.4 is 41.8 Å². The molecule has 1 aliphatic heterocycles. The van der Waals surface area contributed by atoms with Crippen LogP contribution in [0.1, 0.15) is 81.1 Å². The van der Waals surface area contributed by atoms with Gasteiger partial charge in [-0.2, -0.15) is 13.2 Å². The summed E-state index contributed by atoms with van der Waals surface area (Å²) in [4.78, 5) is 69.9. The van der Waals surface area contributed by atoms with Gasteiger partial charge in [0.1, 0.15) is 23.9 Å². The Morgan fingerprint density at radius 3 is 2.16 bits per heavy atom. The number of alkyl halides is 3. The van der Waals surface area contributed by atoms with Crippen molar-refractivity contribution in [2.75, 3.05) is 37.7 Å². The smallest absolute Gasteiger partial charge is 0.430 e. The molecule has 0 unspecified atom stereocenters. The maximum absolute atomic E-state index is 13.2. The van der Waals surface area contributed by atoms with Crippen LogP contribution in [0.5, 0.6) is 5.75 Å². The van der Waals surface area contributed by atoms with E-state index in [1.165, 1.54) is 0 Å².